The first kappa shape index (κ1) is 28.3. The summed E-state index contributed by atoms with van der Waals surface area (Å²) < 4.78 is 11.5. The molecule has 7 aromatic carbocycles. The molecule has 2 N–H and O–H groups in total. The molecule has 2 atom stereocenters. The predicted octanol–water partition coefficient (Wildman–Crippen LogP) is 11.2. The molecule has 0 spiro atoms. The molecule has 4 heterocycles. The van der Waals surface area contributed by atoms with Crippen molar-refractivity contribution < 1.29 is 4.42 Å². The Labute approximate surface area is 293 Å². The molecule has 2 unspecified atom stereocenters. The third kappa shape index (κ3) is 4.25. The number of rotatable bonds is 4. The lowest BCUT2D eigenvalue weighted by atomic mass is 10.0. The third-order valence-electron chi connectivity index (χ3n) is 10.6. The number of benzene rings is 7. The van der Waals surface area contributed by atoms with Gasteiger partial charge >= 0.3 is 0 Å². The lowest BCUT2D eigenvalue weighted by molar-refractivity contribution is 0.350. The highest BCUT2D eigenvalue weighted by Gasteiger charge is 2.28. The lowest BCUT2D eigenvalue weighted by Gasteiger charge is -2.34. The van der Waals surface area contributed by atoms with E-state index in [1.165, 1.54) is 21.7 Å². The second-order valence-corrected chi connectivity index (χ2v) is 13.4. The summed E-state index contributed by atoms with van der Waals surface area (Å²) in [7, 11) is 0. The van der Waals surface area contributed by atoms with E-state index in [4.69, 9.17) is 4.42 Å². The van der Waals surface area contributed by atoms with Crippen molar-refractivity contribution in [1.29, 1.82) is 0 Å². The van der Waals surface area contributed by atoms with E-state index < -0.39 is 0 Å². The van der Waals surface area contributed by atoms with E-state index in [0.29, 0.717) is 0 Å². The van der Waals surface area contributed by atoms with Gasteiger partial charge in [0.25, 0.3) is 0 Å². The number of furan rings is 1. The van der Waals surface area contributed by atoms with Crippen LogP contribution in [0.15, 0.2) is 174 Å². The van der Waals surface area contributed by atoms with E-state index in [-0.39, 0.29) is 12.3 Å². The van der Waals surface area contributed by atoms with Gasteiger partial charge in [0.05, 0.1) is 33.5 Å². The maximum absolute atomic E-state index is 6.69. The Morgan fingerprint density at radius 2 is 1.22 bits per heavy atom. The second kappa shape index (κ2) is 11.0. The van der Waals surface area contributed by atoms with Crippen molar-refractivity contribution >= 4 is 71.2 Å². The van der Waals surface area contributed by atoms with Crippen molar-refractivity contribution in [2.24, 2.45) is 0 Å². The van der Waals surface area contributed by atoms with E-state index in [2.05, 4.69) is 184 Å². The summed E-state index contributed by atoms with van der Waals surface area (Å²) in [6, 6.07) is 58.4. The highest BCUT2D eigenvalue weighted by atomic mass is 16.3. The largest absolute Gasteiger partial charge is 0.455 e. The summed E-state index contributed by atoms with van der Waals surface area (Å²) in [6.45, 7) is 0. The molecule has 0 bridgehead atoms. The summed E-state index contributed by atoms with van der Waals surface area (Å²) in [5.41, 5.74) is 11.0. The molecule has 1 aliphatic rings. The number of nitrogens with one attached hydrogen (secondary N) is 2. The standard InChI is InChI=1S/C46H32N4O/c1-4-14-29(15-5-1)37-27-38(30-16-6-2-7-17-30)48-46(47-37)50-39-22-12-10-20-32(39)35-26-36-42(28-41(35)50)49(31-18-8-3-9-19-31)40-25-24-34-33-21-11-13-23-43(33)51-45(34)44(36)40/h1-28,37,46-48H. The zero-order valence-corrected chi connectivity index (χ0v) is 27.6. The third-order valence-corrected chi connectivity index (χ3v) is 10.6. The molecule has 0 amide bonds. The van der Waals surface area contributed by atoms with Gasteiger partial charge in [-0.2, -0.15) is 0 Å². The number of nitrogens with zero attached hydrogens (tertiary/aromatic N) is 2. The number of fused-ring (bicyclic) bond motifs is 10. The first-order valence-electron chi connectivity index (χ1n) is 17.5. The van der Waals surface area contributed by atoms with Gasteiger partial charge in [0.2, 0.25) is 0 Å². The Balaban J connectivity index is 1.22. The zero-order chi connectivity index (χ0) is 33.5. The summed E-state index contributed by atoms with van der Waals surface area (Å²) in [5, 5.41) is 14.9. The van der Waals surface area contributed by atoms with Crippen molar-refractivity contribution in [3.05, 3.63) is 181 Å². The minimum absolute atomic E-state index is 0.00439. The summed E-state index contributed by atoms with van der Waals surface area (Å²) in [5.74, 6) is 0. The fraction of sp³-hybridized carbons (Fsp3) is 0.0435. The van der Waals surface area contributed by atoms with Gasteiger partial charge in [-0.3, -0.25) is 5.32 Å². The zero-order valence-electron chi connectivity index (χ0n) is 27.6. The molecule has 5 nitrogen and oxygen atoms in total. The van der Waals surface area contributed by atoms with Crippen molar-refractivity contribution in [1.82, 2.24) is 19.8 Å². The Hall–Kier alpha value is -6.56. The summed E-state index contributed by atoms with van der Waals surface area (Å²) >= 11 is 0. The van der Waals surface area contributed by atoms with Gasteiger partial charge < -0.3 is 18.9 Å². The molecule has 0 saturated carbocycles. The van der Waals surface area contributed by atoms with Crippen LogP contribution in [-0.4, -0.2) is 9.13 Å². The normalized spacial score (nSPS) is 16.4. The van der Waals surface area contributed by atoms with E-state index in [0.717, 1.165) is 66.3 Å². The van der Waals surface area contributed by atoms with Crippen LogP contribution in [0.2, 0.25) is 0 Å². The van der Waals surface area contributed by atoms with Gasteiger partial charge in [-0.1, -0.05) is 115 Å². The molecule has 242 valence electrons. The van der Waals surface area contributed by atoms with Crippen molar-refractivity contribution in [3.8, 4) is 5.69 Å². The van der Waals surface area contributed by atoms with Gasteiger partial charge in [-0.05, 0) is 65.7 Å². The van der Waals surface area contributed by atoms with Gasteiger partial charge in [-0.25, -0.2) is 0 Å². The molecule has 3 aromatic heterocycles. The van der Waals surface area contributed by atoms with Gasteiger partial charge in [0.1, 0.15) is 11.2 Å². The average molecular weight is 657 g/mol. The van der Waals surface area contributed by atoms with Crippen molar-refractivity contribution in [2.75, 3.05) is 0 Å². The fourth-order valence-electron chi connectivity index (χ4n) is 8.32. The maximum Gasteiger partial charge on any atom is 0.160 e. The molecule has 5 heteroatoms. The predicted molar refractivity (Wildman–Crippen MR) is 210 cm³/mol. The molecule has 0 fully saturated rings. The van der Waals surface area contributed by atoms with Crippen LogP contribution in [-0.2, 0) is 0 Å². The van der Waals surface area contributed by atoms with Crippen molar-refractivity contribution in [3.63, 3.8) is 0 Å². The summed E-state index contributed by atoms with van der Waals surface area (Å²) in [6.07, 6.45) is 2.07. The Morgan fingerprint density at radius 3 is 2.04 bits per heavy atom. The van der Waals surface area contributed by atoms with Crippen LogP contribution in [0.5, 0.6) is 0 Å². The molecule has 0 aliphatic carbocycles. The summed E-state index contributed by atoms with van der Waals surface area (Å²) in [4.78, 5) is 0. The van der Waals surface area contributed by atoms with Crippen LogP contribution in [0.4, 0.5) is 0 Å². The minimum atomic E-state index is -0.230. The quantitative estimate of drug-likeness (QED) is 0.198. The topological polar surface area (TPSA) is 47.1 Å². The molecular formula is C46H32N4O. The molecule has 0 saturated heterocycles. The second-order valence-electron chi connectivity index (χ2n) is 13.4. The van der Waals surface area contributed by atoms with E-state index in [1.807, 2.05) is 6.07 Å². The van der Waals surface area contributed by atoms with Crippen LogP contribution in [0, 0.1) is 0 Å². The van der Waals surface area contributed by atoms with Crippen molar-refractivity contribution in [2.45, 2.75) is 12.3 Å². The Morgan fingerprint density at radius 1 is 0.510 bits per heavy atom. The molecule has 51 heavy (non-hydrogen) atoms. The number of para-hydroxylation sites is 3. The van der Waals surface area contributed by atoms with Crippen LogP contribution in [0.25, 0.3) is 76.9 Å². The Kier molecular flexibility index (Phi) is 6.09. The minimum Gasteiger partial charge on any atom is -0.455 e. The molecule has 0 radical (unpaired) electrons. The molecule has 10 aromatic rings. The lowest BCUT2D eigenvalue weighted by Crippen LogP contribution is -2.43. The molecular weight excluding hydrogens is 625 g/mol. The molecule has 11 rings (SSSR count). The number of aromatic nitrogens is 2. The van der Waals surface area contributed by atoms with Crippen LogP contribution >= 0.6 is 0 Å². The van der Waals surface area contributed by atoms with Gasteiger partial charge in [0.15, 0.2) is 6.29 Å². The first-order chi connectivity index (χ1) is 25.3. The van der Waals surface area contributed by atoms with Crippen LogP contribution in [0.3, 0.4) is 0 Å². The van der Waals surface area contributed by atoms with E-state index >= 15 is 0 Å². The van der Waals surface area contributed by atoms with Gasteiger partial charge in [-0.15, -0.1) is 0 Å². The number of hydrogen-bond donors (Lipinski definition) is 2. The fourth-order valence-corrected chi connectivity index (χ4v) is 8.32. The van der Waals surface area contributed by atoms with Crippen LogP contribution < -0.4 is 10.6 Å². The smallest absolute Gasteiger partial charge is 0.160 e. The van der Waals surface area contributed by atoms with Crippen LogP contribution in [0.1, 0.15) is 23.5 Å². The van der Waals surface area contributed by atoms with E-state index in [1.54, 1.807) is 0 Å². The highest BCUT2D eigenvalue weighted by Crippen LogP contribution is 2.44. The molecule has 1 aliphatic heterocycles. The first-order valence-corrected chi connectivity index (χ1v) is 17.5. The van der Waals surface area contributed by atoms with Gasteiger partial charge in [0, 0.05) is 38.3 Å². The number of hydrogen-bond acceptors (Lipinski definition) is 3. The van der Waals surface area contributed by atoms with E-state index in [9.17, 15) is 0 Å². The average Bonchev–Trinajstić information content (AvgIpc) is 3.85. The highest BCUT2D eigenvalue weighted by molar-refractivity contribution is 6.26. The Bertz CT molecular complexity index is 2970. The monoisotopic (exact) mass is 656 g/mol. The SMILES string of the molecule is C1=C(c2ccccc2)NC(n2c3ccccc3c3cc4c5c6oc7ccccc7c6ccc5n(-c5ccccc5)c4cc32)NC1c1ccccc1. The maximum atomic E-state index is 6.69.